The Morgan fingerprint density at radius 3 is 2.13 bits per heavy atom. The number of amidine groups is 1. The number of aromatic nitrogens is 1. The fourth-order valence-corrected chi connectivity index (χ4v) is 3.25. The summed E-state index contributed by atoms with van der Waals surface area (Å²) in [6, 6.07) is 26.4. The summed E-state index contributed by atoms with van der Waals surface area (Å²) in [4.78, 5) is 4.44. The van der Waals surface area contributed by atoms with Gasteiger partial charge in [-0.15, -0.1) is 0 Å². The van der Waals surface area contributed by atoms with Crippen molar-refractivity contribution in [2.24, 2.45) is 5.73 Å². The first-order valence-corrected chi connectivity index (χ1v) is 9.35. The molecule has 0 radical (unpaired) electrons. The van der Waals surface area contributed by atoms with Crippen molar-refractivity contribution in [3.05, 3.63) is 90.5 Å². The predicted octanol–water partition coefficient (Wildman–Crippen LogP) is 4.66. The van der Waals surface area contributed by atoms with Gasteiger partial charge in [0, 0.05) is 11.3 Å². The minimum Gasteiger partial charge on any atom is -0.457 e. The lowest BCUT2D eigenvalue weighted by molar-refractivity contribution is 0.483. The van der Waals surface area contributed by atoms with Crippen molar-refractivity contribution in [2.75, 3.05) is 11.5 Å². The second kappa shape index (κ2) is 7.97. The van der Waals surface area contributed by atoms with Gasteiger partial charge in [0.25, 0.3) is 0 Å². The number of hydrogen-bond acceptors (Lipinski definition) is 5. The molecule has 6 heteroatoms. The van der Waals surface area contributed by atoms with E-state index in [1.807, 2.05) is 84.9 Å². The maximum absolute atomic E-state index is 7.98. The third-order valence-electron chi connectivity index (χ3n) is 4.64. The SMILES string of the molecule is N=C(N)c1c(-c2ccc(Oc3ccccc3)cc2)cc(-c2cccc(N)c2)nc1N. The van der Waals surface area contributed by atoms with E-state index in [4.69, 9.17) is 27.3 Å². The van der Waals surface area contributed by atoms with E-state index >= 15 is 0 Å². The molecule has 0 aliphatic heterocycles. The third kappa shape index (κ3) is 3.93. The van der Waals surface area contributed by atoms with Gasteiger partial charge in [-0.1, -0.05) is 42.5 Å². The Bertz CT molecular complexity index is 1200. The molecule has 30 heavy (non-hydrogen) atoms. The fourth-order valence-electron chi connectivity index (χ4n) is 3.25. The van der Waals surface area contributed by atoms with Gasteiger partial charge in [0.2, 0.25) is 0 Å². The van der Waals surface area contributed by atoms with Gasteiger partial charge < -0.3 is 21.9 Å². The van der Waals surface area contributed by atoms with Crippen LogP contribution in [0.1, 0.15) is 5.56 Å². The second-order valence-corrected chi connectivity index (χ2v) is 6.79. The molecule has 7 N–H and O–H groups in total. The number of nitrogens with two attached hydrogens (primary N) is 3. The van der Waals surface area contributed by atoms with Gasteiger partial charge in [-0.05, 0) is 53.6 Å². The molecule has 148 valence electrons. The standard InChI is InChI=1S/C24H21N5O/c25-17-6-4-5-16(13-17)21-14-20(22(23(26)27)24(28)29-21)15-9-11-19(12-10-15)30-18-7-2-1-3-8-18/h1-14H,25H2,(H3,26,27)(H2,28,29). The Labute approximate surface area is 174 Å². The second-order valence-electron chi connectivity index (χ2n) is 6.79. The zero-order valence-electron chi connectivity index (χ0n) is 16.2. The summed E-state index contributed by atoms with van der Waals surface area (Å²) in [6.45, 7) is 0. The van der Waals surface area contributed by atoms with Gasteiger partial charge in [-0.25, -0.2) is 4.98 Å². The number of pyridine rings is 1. The Morgan fingerprint density at radius 1 is 0.767 bits per heavy atom. The molecule has 1 aromatic heterocycles. The van der Waals surface area contributed by atoms with Crippen molar-refractivity contribution in [1.82, 2.24) is 4.98 Å². The first-order chi connectivity index (χ1) is 14.5. The topological polar surface area (TPSA) is 124 Å². The van der Waals surface area contributed by atoms with Crippen LogP contribution in [-0.2, 0) is 0 Å². The summed E-state index contributed by atoms with van der Waals surface area (Å²) >= 11 is 0. The van der Waals surface area contributed by atoms with E-state index in [0.717, 1.165) is 22.4 Å². The zero-order chi connectivity index (χ0) is 21.1. The Kier molecular flexibility index (Phi) is 5.05. The lowest BCUT2D eigenvalue weighted by Gasteiger charge is -2.14. The number of para-hydroxylation sites is 1. The highest BCUT2D eigenvalue weighted by Crippen LogP contribution is 2.33. The summed E-state index contributed by atoms with van der Waals surface area (Å²) in [6.07, 6.45) is 0. The van der Waals surface area contributed by atoms with Crippen LogP contribution in [0.3, 0.4) is 0 Å². The molecule has 0 amide bonds. The molecule has 0 aliphatic rings. The molecule has 0 saturated carbocycles. The van der Waals surface area contributed by atoms with Crippen molar-refractivity contribution in [2.45, 2.75) is 0 Å². The lowest BCUT2D eigenvalue weighted by Crippen LogP contribution is -2.16. The van der Waals surface area contributed by atoms with E-state index in [1.54, 1.807) is 0 Å². The van der Waals surface area contributed by atoms with Crippen LogP contribution in [0.25, 0.3) is 22.4 Å². The first kappa shape index (κ1) is 19.0. The maximum atomic E-state index is 7.98. The number of rotatable bonds is 5. The van der Waals surface area contributed by atoms with Gasteiger partial charge in [-0.3, -0.25) is 5.41 Å². The van der Waals surface area contributed by atoms with E-state index in [-0.39, 0.29) is 11.7 Å². The van der Waals surface area contributed by atoms with Crippen LogP contribution in [0.5, 0.6) is 11.5 Å². The molecular weight excluding hydrogens is 374 g/mol. The van der Waals surface area contributed by atoms with Crippen LogP contribution in [0.4, 0.5) is 11.5 Å². The Hall–Kier alpha value is -4.32. The highest BCUT2D eigenvalue weighted by atomic mass is 16.5. The molecule has 0 unspecified atom stereocenters. The van der Waals surface area contributed by atoms with Crippen molar-refractivity contribution in [1.29, 1.82) is 5.41 Å². The van der Waals surface area contributed by atoms with Crippen LogP contribution < -0.4 is 21.9 Å². The molecule has 1 heterocycles. The molecule has 0 spiro atoms. The van der Waals surface area contributed by atoms with Crippen LogP contribution in [0.15, 0.2) is 84.9 Å². The zero-order valence-corrected chi connectivity index (χ0v) is 16.2. The minimum atomic E-state index is -0.140. The number of nitrogen functional groups attached to an aromatic ring is 3. The number of ether oxygens (including phenoxy) is 1. The quantitative estimate of drug-likeness (QED) is 0.222. The van der Waals surface area contributed by atoms with Crippen molar-refractivity contribution in [3.63, 3.8) is 0 Å². The van der Waals surface area contributed by atoms with Gasteiger partial charge in [0.15, 0.2) is 0 Å². The Balaban J connectivity index is 1.76. The van der Waals surface area contributed by atoms with Crippen LogP contribution >= 0.6 is 0 Å². The number of anilines is 2. The highest BCUT2D eigenvalue weighted by Gasteiger charge is 2.16. The first-order valence-electron chi connectivity index (χ1n) is 9.35. The maximum Gasteiger partial charge on any atom is 0.135 e. The van der Waals surface area contributed by atoms with Crippen molar-refractivity contribution >= 4 is 17.3 Å². The van der Waals surface area contributed by atoms with E-state index in [1.165, 1.54) is 0 Å². The summed E-state index contributed by atoms with van der Waals surface area (Å²) in [5, 5.41) is 7.98. The molecule has 0 fully saturated rings. The summed E-state index contributed by atoms with van der Waals surface area (Å²) in [5.41, 5.74) is 22.0. The van der Waals surface area contributed by atoms with Gasteiger partial charge in [0.1, 0.15) is 23.2 Å². The summed E-state index contributed by atoms with van der Waals surface area (Å²) in [5.74, 6) is 1.51. The average Bonchev–Trinajstić information content (AvgIpc) is 2.74. The van der Waals surface area contributed by atoms with Gasteiger partial charge >= 0.3 is 0 Å². The summed E-state index contributed by atoms with van der Waals surface area (Å²) in [7, 11) is 0. The van der Waals surface area contributed by atoms with Crippen LogP contribution in [0, 0.1) is 5.41 Å². The number of benzene rings is 3. The Morgan fingerprint density at radius 2 is 1.47 bits per heavy atom. The van der Waals surface area contributed by atoms with Crippen LogP contribution in [0.2, 0.25) is 0 Å². The van der Waals surface area contributed by atoms with E-state index < -0.39 is 0 Å². The third-order valence-corrected chi connectivity index (χ3v) is 4.64. The highest BCUT2D eigenvalue weighted by molar-refractivity contribution is 6.06. The molecule has 0 bridgehead atoms. The van der Waals surface area contributed by atoms with E-state index in [9.17, 15) is 0 Å². The normalized spacial score (nSPS) is 10.5. The molecule has 0 aliphatic carbocycles. The number of hydrogen-bond donors (Lipinski definition) is 4. The lowest BCUT2D eigenvalue weighted by atomic mass is 9.97. The molecule has 4 rings (SSSR count). The number of nitrogens with zero attached hydrogens (tertiary/aromatic N) is 1. The minimum absolute atomic E-state index is 0.140. The average molecular weight is 395 g/mol. The largest absolute Gasteiger partial charge is 0.457 e. The molecule has 0 saturated heterocycles. The monoisotopic (exact) mass is 395 g/mol. The van der Waals surface area contributed by atoms with E-state index in [0.29, 0.717) is 22.7 Å². The fraction of sp³-hybridized carbons (Fsp3) is 0. The van der Waals surface area contributed by atoms with Gasteiger partial charge in [-0.2, -0.15) is 0 Å². The van der Waals surface area contributed by atoms with Crippen molar-refractivity contribution < 1.29 is 4.74 Å². The van der Waals surface area contributed by atoms with E-state index in [2.05, 4.69) is 4.98 Å². The molecule has 6 nitrogen and oxygen atoms in total. The van der Waals surface area contributed by atoms with Crippen LogP contribution in [-0.4, -0.2) is 10.8 Å². The molecule has 3 aromatic carbocycles. The van der Waals surface area contributed by atoms with Gasteiger partial charge in [0.05, 0.1) is 11.3 Å². The molecular formula is C24H21N5O. The predicted molar refractivity (Wildman–Crippen MR) is 121 cm³/mol. The van der Waals surface area contributed by atoms with Crippen molar-refractivity contribution in [3.8, 4) is 33.9 Å². The molecule has 0 atom stereocenters. The smallest absolute Gasteiger partial charge is 0.135 e. The molecule has 4 aromatic rings. The number of nitrogens with one attached hydrogen (secondary N) is 1. The summed E-state index contributed by atoms with van der Waals surface area (Å²) < 4.78 is 5.86.